The number of hydrogen-bond acceptors (Lipinski definition) is 5. The van der Waals surface area contributed by atoms with E-state index in [9.17, 15) is 4.79 Å². The molecule has 6 nitrogen and oxygen atoms in total. The maximum atomic E-state index is 12.5. The average molecular weight is 339 g/mol. The lowest BCUT2D eigenvalue weighted by molar-refractivity contribution is 0.102. The van der Waals surface area contributed by atoms with Gasteiger partial charge < -0.3 is 0 Å². The Morgan fingerprint density at radius 2 is 2.12 bits per heavy atom. The number of hydrogen-bond donors (Lipinski definition) is 2. The van der Waals surface area contributed by atoms with Crippen molar-refractivity contribution in [1.82, 2.24) is 20.2 Å². The summed E-state index contributed by atoms with van der Waals surface area (Å²) in [6.45, 7) is 0. The van der Waals surface area contributed by atoms with Gasteiger partial charge in [0.2, 0.25) is 5.95 Å². The standard InChI is InChI=1S/C17H17N5OS/c23-16(14-10-11-6-2-1-3-8-13(11)24-14)20-17-19-15(21-22-17)12-7-4-5-9-18-12/h4-5,7,9-10H,1-3,6,8H2,(H2,19,20,21,22,23). The van der Waals surface area contributed by atoms with Crippen molar-refractivity contribution in [2.24, 2.45) is 0 Å². The van der Waals surface area contributed by atoms with E-state index in [2.05, 4.69) is 25.5 Å². The van der Waals surface area contributed by atoms with E-state index in [0.717, 1.165) is 17.7 Å². The third kappa shape index (κ3) is 3.07. The summed E-state index contributed by atoms with van der Waals surface area (Å²) < 4.78 is 0. The number of carbonyl (C=O) groups is 1. The van der Waals surface area contributed by atoms with Crippen LogP contribution in [0.25, 0.3) is 11.5 Å². The van der Waals surface area contributed by atoms with Gasteiger partial charge >= 0.3 is 0 Å². The number of nitrogens with zero attached hydrogens (tertiary/aromatic N) is 3. The van der Waals surface area contributed by atoms with E-state index in [1.807, 2.05) is 24.3 Å². The molecule has 1 aliphatic rings. The summed E-state index contributed by atoms with van der Waals surface area (Å²) in [6.07, 6.45) is 7.54. The highest BCUT2D eigenvalue weighted by molar-refractivity contribution is 7.14. The summed E-state index contributed by atoms with van der Waals surface area (Å²) in [5, 5.41) is 9.62. The molecule has 2 N–H and O–H groups in total. The zero-order valence-corrected chi connectivity index (χ0v) is 13.9. The number of anilines is 1. The molecule has 0 spiro atoms. The smallest absolute Gasteiger partial charge is 0.268 e. The van der Waals surface area contributed by atoms with E-state index < -0.39 is 0 Å². The molecule has 0 saturated heterocycles. The summed E-state index contributed by atoms with van der Waals surface area (Å²) in [4.78, 5) is 23.0. The number of rotatable bonds is 3. The molecule has 3 aromatic rings. The van der Waals surface area contributed by atoms with Crippen LogP contribution >= 0.6 is 11.3 Å². The van der Waals surface area contributed by atoms with Crippen LogP contribution in [0.5, 0.6) is 0 Å². The molecular weight excluding hydrogens is 322 g/mol. The third-order valence-electron chi connectivity index (χ3n) is 4.09. The summed E-state index contributed by atoms with van der Waals surface area (Å²) in [6, 6.07) is 7.57. The Morgan fingerprint density at radius 3 is 3.00 bits per heavy atom. The molecule has 0 unspecified atom stereocenters. The first-order valence-electron chi connectivity index (χ1n) is 8.06. The van der Waals surface area contributed by atoms with Gasteiger partial charge in [0.05, 0.1) is 4.88 Å². The normalized spacial score (nSPS) is 14.0. The molecule has 24 heavy (non-hydrogen) atoms. The number of thiophene rings is 1. The second-order valence-corrected chi connectivity index (χ2v) is 6.93. The number of nitrogens with one attached hydrogen (secondary N) is 2. The quantitative estimate of drug-likeness (QED) is 0.716. The molecule has 0 radical (unpaired) electrons. The molecule has 0 saturated carbocycles. The molecule has 0 fully saturated rings. The number of fused-ring (bicyclic) bond motifs is 1. The number of amides is 1. The Labute approximate surface area is 143 Å². The minimum absolute atomic E-state index is 0.153. The summed E-state index contributed by atoms with van der Waals surface area (Å²) in [7, 11) is 0. The van der Waals surface area contributed by atoms with Gasteiger partial charge in [-0.3, -0.25) is 20.2 Å². The fraction of sp³-hybridized carbons (Fsp3) is 0.294. The maximum Gasteiger partial charge on any atom is 0.268 e. The van der Waals surface area contributed by atoms with Crippen LogP contribution in [0.2, 0.25) is 0 Å². The molecule has 4 rings (SSSR count). The molecule has 1 aliphatic carbocycles. The Kier molecular flexibility index (Phi) is 4.08. The van der Waals surface area contributed by atoms with Gasteiger partial charge in [-0.1, -0.05) is 12.5 Å². The lowest BCUT2D eigenvalue weighted by atomic mass is 10.1. The molecule has 7 heteroatoms. The van der Waals surface area contributed by atoms with Gasteiger partial charge in [-0.05, 0) is 49.4 Å². The van der Waals surface area contributed by atoms with Crippen LogP contribution in [0.3, 0.4) is 0 Å². The number of aryl methyl sites for hydroxylation is 2. The second-order valence-electron chi connectivity index (χ2n) is 5.80. The van der Waals surface area contributed by atoms with Crippen molar-refractivity contribution in [3.63, 3.8) is 0 Å². The molecule has 3 aromatic heterocycles. The summed E-state index contributed by atoms with van der Waals surface area (Å²) >= 11 is 1.59. The van der Waals surface area contributed by atoms with Gasteiger partial charge in [0, 0.05) is 11.1 Å². The van der Waals surface area contributed by atoms with Gasteiger partial charge in [0.25, 0.3) is 5.91 Å². The van der Waals surface area contributed by atoms with Crippen molar-refractivity contribution in [2.75, 3.05) is 5.32 Å². The fourth-order valence-electron chi connectivity index (χ4n) is 2.88. The number of pyridine rings is 1. The molecule has 0 aromatic carbocycles. The minimum Gasteiger partial charge on any atom is -0.288 e. The lowest BCUT2D eigenvalue weighted by Gasteiger charge is -1.97. The zero-order chi connectivity index (χ0) is 16.4. The number of carbonyl (C=O) groups excluding carboxylic acids is 1. The van der Waals surface area contributed by atoms with Gasteiger partial charge in [0.15, 0.2) is 5.82 Å². The number of aromatic amines is 1. The van der Waals surface area contributed by atoms with Crippen LogP contribution in [-0.4, -0.2) is 26.1 Å². The molecule has 0 atom stereocenters. The topological polar surface area (TPSA) is 83.6 Å². The molecule has 0 bridgehead atoms. The average Bonchev–Trinajstić information content (AvgIpc) is 3.18. The van der Waals surface area contributed by atoms with Crippen LogP contribution in [0.4, 0.5) is 5.95 Å². The molecule has 0 aliphatic heterocycles. The highest BCUT2D eigenvalue weighted by Crippen LogP contribution is 2.29. The lowest BCUT2D eigenvalue weighted by Crippen LogP contribution is -2.11. The second kappa shape index (κ2) is 6.52. The molecule has 3 heterocycles. The highest BCUT2D eigenvalue weighted by atomic mass is 32.1. The molecule has 122 valence electrons. The van der Waals surface area contributed by atoms with Crippen LogP contribution in [0.1, 0.15) is 39.4 Å². The van der Waals surface area contributed by atoms with E-state index in [1.165, 1.54) is 29.7 Å². The largest absolute Gasteiger partial charge is 0.288 e. The highest BCUT2D eigenvalue weighted by Gasteiger charge is 2.18. The van der Waals surface area contributed by atoms with Gasteiger partial charge in [-0.25, -0.2) is 0 Å². The Morgan fingerprint density at radius 1 is 1.21 bits per heavy atom. The van der Waals surface area contributed by atoms with E-state index >= 15 is 0 Å². The SMILES string of the molecule is O=C(Nc1n[nH]c(-c2ccccn2)n1)c1cc2c(s1)CCCCC2. The van der Waals surface area contributed by atoms with Crippen LogP contribution in [0.15, 0.2) is 30.5 Å². The van der Waals surface area contributed by atoms with E-state index in [1.54, 1.807) is 17.5 Å². The maximum absolute atomic E-state index is 12.5. The van der Waals surface area contributed by atoms with Crippen LogP contribution < -0.4 is 5.32 Å². The van der Waals surface area contributed by atoms with Crippen molar-refractivity contribution in [1.29, 1.82) is 0 Å². The first-order valence-corrected chi connectivity index (χ1v) is 8.88. The Bertz CT molecular complexity index is 832. The number of H-pyrrole nitrogens is 1. The Balaban J connectivity index is 1.50. The van der Waals surface area contributed by atoms with E-state index in [4.69, 9.17) is 0 Å². The third-order valence-corrected chi connectivity index (χ3v) is 5.32. The minimum atomic E-state index is -0.153. The van der Waals surface area contributed by atoms with Gasteiger partial charge in [0.1, 0.15) is 5.69 Å². The Hall–Kier alpha value is -2.54. The number of aromatic nitrogens is 4. The summed E-state index contributed by atoms with van der Waals surface area (Å²) in [5.41, 5.74) is 2.01. The first-order chi connectivity index (χ1) is 11.8. The van der Waals surface area contributed by atoms with E-state index in [0.29, 0.717) is 11.5 Å². The van der Waals surface area contributed by atoms with Gasteiger partial charge in [-0.15, -0.1) is 16.4 Å². The summed E-state index contributed by atoms with van der Waals surface area (Å²) in [5.74, 6) is 0.650. The monoisotopic (exact) mass is 339 g/mol. The molecule has 1 amide bonds. The van der Waals surface area contributed by atoms with Crippen LogP contribution in [-0.2, 0) is 12.8 Å². The predicted molar refractivity (Wildman–Crippen MR) is 93.1 cm³/mol. The predicted octanol–water partition coefficient (Wildman–Crippen LogP) is 3.45. The van der Waals surface area contributed by atoms with Gasteiger partial charge in [-0.2, -0.15) is 4.98 Å². The van der Waals surface area contributed by atoms with Crippen molar-refractivity contribution in [2.45, 2.75) is 32.1 Å². The van der Waals surface area contributed by atoms with Crippen molar-refractivity contribution >= 4 is 23.2 Å². The van der Waals surface area contributed by atoms with Crippen molar-refractivity contribution in [3.05, 3.63) is 45.8 Å². The first kappa shape index (κ1) is 15.0. The van der Waals surface area contributed by atoms with Crippen LogP contribution in [0, 0.1) is 0 Å². The zero-order valence-electron chi connectivity index (χ0n) is 13.1. The fourth-order valence-corrected chi connectivity index (χ4v) is 4.03. The van der Waals surface area contributed by atoms with E-state index in [-0.39, 0.29) is 11.9 Å². The molecular formula is C17H17N5OS. The van der Waals surface area contributed by atoms with Crippen molar-refractivity contribution in [3.8, 4) is 11.5 Å². The van der Waals surface area contributed by atoms with Crippen molar-refractivity contribution < 1.29 is 4.79 Å².